The summed E-state index contributed by atoms with van der Waals surface area (Å²) >= 11 is 0. The highest BCUT2D eigenvalue weighted by Crippen LogP contribution is 2.33. The summed E-state index contributed by atoms with van der Waals surface area (Å²) in [6, 6.07) is 5.97. The van der Waals surface area contributed by atoms with Crippen molar-refractivity contribution in [2.45, 2.75) is 43.5 Å². The van der Waals surface area contributed by atoms with Gasteiger partial charge in [0.25, 0.3) is 0 Å². The molecule has 144 valence electrons. The Hall–Kier alpha value is -1.93. The molecule has 0 heterocycles. The summed E-state index contributed by atoms with van der Waals surface area (Å²) in [4.78, 5) is 24.4. The van der Waals surface area contributed by atoms with Crippen LogP contribution in [0.25, 0.3) is 0 Å². The van der Waals surface area contributed by atoms with Gasteiger partial charge < -0.3 is 9.47 Å². The minimum atomic E-state index is -3.76. The smallest absolute Gasteiger partial charge is 0.320 e. The molecule has 0 unspecified atom stereocenters. The summed E-state index contributed by atoms with van der Waals surface area (Å²) in [5, 5.41) is 0. The van der Waals surface area contributed by atoms with Gasteiger partial charge in [0.05, 0.1) is 19.1 Å². The van der Waals surface area contributed by atoms with Crippen molar-refractivity contribution >= 4 is 22.0 Å². The third-order valence-electron chi connectivity index (χ3n) is 4.80. The van der Waals surface area contributed by atoms with Gasteiger partial charge in [-0.1, -0.05) is 30.5 Å². The molecule has 1 fully saturated rings. The van der Waals surface area contributed by atoms with Crippen molar-refractivity contribution < 1.29 is 27.5 Å². The fraction of sp³-hybridized carbons (Fsp3) is 0.556. The van der Waals surface area contributed by atoms with E-state index in [1.165, 1.54) is 26.4 Å². The van der Waals surface area contributed by atoms with Crippen molar-refractivity contribution in [2.75, 3.05) is 14.2 Å². The van der Waals surface area contributed by atoms with Crippen LogP contribution in [0.2, 0.25) is 0 Å². The van der Waals surface area contributed by atoms with Gasteiger partial charge in [0, 0.05) is 6.04 Å². The molecule has 0 aliphatic heterocycles. The van der Waals surface area contributed by atoms with E-state index in [2.05, 4.69) is 4.72 Å². The molecule has 2 atom stereocenters. The van der Waals surface area contributed by atoms with Crippen LogP contribution in [0, 0.1) is 18.8 Å². The molecule has 0 aromatic heterocycles. The number of methoxy groups -OCH3 is 2. The molecule has 1 aliphatic rings. The fourth-order valence-corrected chi connectivity index (χ4v) is 4.71. The summed E-state index contributed by atoms with van der Waals surface area (Å²) in [5.41, 5.74) is 0.955. The Kier molecular flexibility index (Phi) is 6.77. The highest BCUT2D eigenvalue weighted by molar-refractivity contribution is 7.89. The predicted molar refractivity (Wildman–Crippen MR) is 94.8 cm³/mol. The van der Waals surface area contributed by atoms with E-state index in [9.17, 15) is 18.0 Å². The summed E-state index contributed by atoms with van der Waals surface area (Å²) in [7, 11) is -1.36. The minimum absolute atomic E-state index is 0.153. The zero-order valence-electron chi connectivity index (χ0n) is 15.2. The number of ether oxygens (including phenoxy) is 2. The van der Waals surface area contributed by atoms with Gasteiger partial charge in [0.15, 0.2) is 5.92 Å². The zero-order valence-corrected chi connectivity index (χ0v) is 16.0. The second kappa shape index (κ2) is 8.64. The minimum Gasteiger partial charge on any atom is -0.468 e. The molecule has 1 aliphatic carbocycles. The number of carbonyl (C=O) groups is 2. The molecular formula is C18H25NO6S. The summed E-state index contributed by atoms with van der Waals surface area (Å²) in [6.07, 6.45) is 2.70. The number of esters is 2. The summed E-state index contributed by atoms with van der Waals surface area (Å²) < 4.78 is 37.6. The lowest BCUT2D eigenvalue weighted by Crippen LogP contribution is -2.48. The maximum absolute atomic E-state index is 12.7. The standard InChI is InChI=1S/C18H25NO6S/c1-12-8-10-13(11-9-12)26(22,23)19-15-7-5-4-6-14(15)16(17(20)24-2)18(21)25-3/h8-11,14-16,19H,4-7H2,1-3H3/t14-,15-/m0/s1. The molecule has 1 aromatic carbocycles. The van der Waals surface area contributed by atoms with Gasteiger partial charge in [-0.25, -0.2) is 13.1 Å². The maximum atomic E-state index is 12.7. The van der Waals surface area contributed by atoms with E-state index in [0.717, 1.165) is 18.4 Å². The van der Waals surface area contributed by atoms with E-state index in [1.54, 1.807) is 12.1 Å². The lowest BCUT2D eigenvalue weighted by Gasteiger charge is -2.34. The predicted octanol–water partition coefficient (Wildman–Crippen LogP) is 1.79. The van der Waals surface area contributed by atoms with Gasteiger partial charge in [-0.3, -0.25) is 9.59 Å². The average Bonchev–Trinajstić information content (AvgIpc) is 2.63. The van der Waals surface area contributed by atoms with Crippen molar-refractivity contribution in [1.82, 2.24) is 4.72 Å². The number of carbonyl (C=O) groups excluding carboxylic acids is 2. The Balaban J connectivity index is 2.28. The number of benzene rings is 1. The van der Waals surface area contributed by atoms with Crippen LogP contribution >= 0.6 is 0 Å². The van der Waals surface area contributed by atoms with E-state index in [-0.39, 0.29) is 4.90 Å². The molecule has 0 radical (unpaired) electrons. The SMILES string of the molecule is COC(=O)C(C(=O)OC)[C@H]1CCCC[C@@H]1NS(=O)(=O)c1ccc(C)cc1. The maximum Gasteiger partial charge on any atom is 0.320 e. The third-order valence-corrected chi connectivity index (χ3v) is 6.30. The first kappa shape index (κ1) is 20.4. The average molecular weight is 383 g/mol. The number of nitrogens with one attached hydrogen (secondary N) is 1. The molecule has 8 heteroatoms. The normalized spacial score (nSPS) is 20.6. The van der Waals surface area contributed by atoms with Gasteiger partial charge >= 0.3 is 11.9 Å². The van der Waals surface area contributed by atoms with Crippen molar-refractivity contribution in [1.29, 1.82) is 0 Å². The number of rotatable bonds is 6. The van der Waals surface area contributed by atoms with Crippen LogP contribution in [0.1, 0.15) is 31.2 Å². The van der Waals surface area contributed by atoms with Crippen LogP contribution in [-0.4, -0.2) is 40.6 Å². The van der Waals surface area contributed by atoms with E-state index < -0.39 is 39.8 Å². The van der Waals surface area contributed by atoms with Crippen LogP contribution in [0.4, 0.5) is 0 Å². The van der Waals surface area contributed by atoms with E-state index in [4.69, 9.17) is 9.47 Å². The van der Waals surface area contributed by atoms with Crippen molar-refractivity contribution in [3.8, 4) is 0 Å². The van der Waals surface area contributed by atoms with Crippen molar-refractivity contribution in [3.63, 3.8) is 0 Å². The summed E-state index contributed by atoms with van der Waals surface area (Å²) in [6.45, 7) is 1.87. The van der Waals surface area contributed by atoms with Crippen LogP contribution in [0.15, 0.2) is 29.2 Å². The first-order valence-corrected chi connectivity index (χ1v) is 10.0. The topological polar surface area (TPSA) is 98.8 Å². The Morgan fingerprint density at radius 3 is 2.12 bits per heavy atom. The van der Waals surface area contributed by atoms with Crippen LogP contribution in [-0.2, 0) is 29.1 Å². The molecule has 1 aromatic rings. The van der Waals surface area contributed by atoms with Crippen molar-refractivity contribution in [3.05, 3.63) is 29.8 Å². The second-order valence-corrected chi connectivity index (χ2v) is 8.23. The molecule has 1 N–H and O–H groups in total. The Labute approximate surface area is 154 Å². The molecule has 0 spiro atoms. The molecule has 7 nitrogen and oxygen atoms in total. The van der Waals surface area contributed by atoms with Gasteiger partial charge in [-0.05, 0) is 37.8 Å². The molecule has 0 saturated heterocycles. The lowest BCUT2D eigenvalue weighted by molar-refractivity contribution is -0.162. The van der Waals surface area contributed by atoms with Crippen molar-refractivity contribution in [2.24, 2.45) is 11.8 Å². The first-order chi connectivity index (χ1) is 12.3. The summed E-state index contributed by atoms with van der Waals surface area (Å²) in [5.74, 6) is -3.06. The molecule has 1 saturated carbocycles. The van der Waals surface area contributed by atoms with Crippen LogP contribution in [0.3, 0.4) is 0 Å². The van der Waals surface area contributed by atoms with Gasteiger partial charge in [-0.2, -0.15) is 0 Å². The largest absolute Gasteiger partial charge is 0.468 e. The third kappa shape index (κ3) is 4.62. The number of hydrogen-bond donors (Lipinski definition) is 1. The molecule has 0 bridgehead atoms. The van der Waals surface area contributed by atoms with Crippen LogP contribution in [0.5, 0.6) is 0 Å². The lowest BCUT2D eigenvalue weighted by atomic mass is 9.76. The number of aryl methyl sites for hydroxylation is 1. The monoisotopic (exact) mass is 383 g/mol. The van der Waals surface area contributed by atoms with Gasteiger partial charge in [0.1, 0.15) is 0 Å². The van der Waals surface area contributed by atoms with Gasteiger partial charge in [0.2, 0.25) is 10.0 Å². The highest BCUT2D eigenvalue weighted by atomic mass is 32.2. The van der Waals surface area contributed by atoms with E-state index >= 15 is 0 Å². The number of hydrogen-bond acceptors (Lipinski definition) is 6. The second-order valence-electron chi connectivity index (χ2n) is 6.51. The molecule has 26 heavy (non-hydrogen) atoms. The van der Waals surface area contributed by atoms with Gasteiger partial charge in [-0.15, -0.1) is 0 Å². The first-order valence-electron chi connectivity index (χ1n) is 8.55. The number of sulfonamides is 1. The van der Waals surface area contributed by atoms with Crippen LogP contribution < -0.4 is 4.72 Å². The molecule has 2 rings (SSSR count). The quantitative estimate of drug-likeness (QED) is 0.594. The highest BCUT2D eigenvalue weighted by Gasteiger charge is 2.43. The molecular weight excluding hydrogens is 358 g/mol. The van der Waals surface area contributed by atoms with E-state index in [1.807, 2.05) is 6.92 Å². The fourth-order valence-electron chi connectivity index (χ4n) is 3.39. The Morgan fingerprint density at radius 1 is 1.04 bits per heavy atom. The zero-order chi connectivity index (χ0) is 19.3. The Morgan fingerprint density at radius 2 is 1.58 bits per heavy atom. The Bertz CT molecular complexity index is 727. The van der Waals surface area contributed by atoms with E-state index in [0.29, 0.717) is 12.8 Å². The molecule has 0 amide bonds.